The molecule has 1 saturated carbocycles. The predicted molar refractivity (Wildman–Crippen MR) is 62.1 cm³/mol. The van der Waals surface area contributed by atoms with Crippen molar-refractivity contribution in [3.63, 3.8) is 0 Å². The number of carbonyl (C=O) groups is 1. The van der Waals surface area contributed by atoms with Gasteiger partial charge in [0, 0.05) is 18.5 Å². The minimum absolute atomic E-state index is 0.147. The average molecular weight is 276 g/mol. The molecule has 2 fully saturated rings. The van der Waals surface area contributed by atoms with Crippen molar-refractivity contribution in [2.45, 2.75) is 38.2 Å². The van der Waals surface area contributed by atoms with Crippen LogP contribution >= 0.6 is 15.9 Å². The Bertz CT molecular complexity index is 235. The van der Waals surface area contributed by atoms with Crippen LogP contribution in [0.2, 0.25) is 0 Å². The summed E-state index contributed by atoms with van der Waals surface area (Å²) in [4.78, 5) is 11.6. The summed E-state index contributed by atoms with van der Waals surface area (Å²) in [6, 6.07) is 0. The van der Waals surface area contributed by atoms with Crippen molar-refractivity contribution < 1.29 is 9.53 Å². The molecule has 1 amide bonds. The Hall–Kier alpha value is -0.0900. The van der Waals surface area contributed by atoms with Gasteiger partial charge in [0.2, 0.25) is 5.91 Å². The van der Waals surface area contributed by atoms with Gasteiger partial charge >= 0.3 is 0 Å². The summed E-state index contributed by atoms with van der Waals surface area (Å²) in [5, 5.41) is 4.01. The molecular weight excluding hydrogens is 258 g/mol. The van der Waals surface area contributed by atoms with Gasteiger partial charge < -0.3 is 10.1 Å². The summed E-state index contributed by atoms with van der Waals surface area (Å²) in [6.45, 7) is 1.65. The van der Waals surface area contributed by atoms with E-state index in [4.69, 9.17) is 4.74 Å². The summed E-state index contributed by atoms with van der Waals surface area (Å²) in [7, 11) is 0. The second kappa shape index (κ2) is 4.83. The molecule has 86 valence electrons. The van der Waals surface area contributed by atoms with E-state index < -0.39 is 0 Å². The normalized spacial score (nSPS) is 27.7. The van der Waals surface area contributed by atoms with E-state index in [1.165, 1.54) is 12.8 Å². The van der Waals surface area contributed by atoms with Gasteiger partial charge in [-0.05, 0) is 31.1 Å². The number of amides is 1. The molecule has 15 heavy (non-hydrogen) atoms. The lowest BCUT2D eigenvalue weighted by atomic mass is 10.1. The largest absolute Gasteiger partial charge is 0.378 e. The van der Waals surface area contributed by atoms with Crippen molar-refractivity contribution in [3.05, 3.63) is 0 Å². The first-order valence-electron chi connectivity index (χ1n) is 5.68. The second-order valence-electron chi connectivity index (χ2n) is 4.75. The highest BCUT2D eigenvalue weighted by atomic mass is 79.9. The van der Waals surface area contributed by atoms with Crippen LogP contribution in [-0.2, 0) is 9.53 Å². The molecule has 2 rings (SSSR count). The standard InChI is InChI=1S/C11H18BrNO2/c12-7-11(3-4-11)8-13-10(14)6-9-2-1-5-15-9/h9H,1-8H2,(H,13,14). The topological polar surface area (TPSA) is 38.3 Å². The zero-order valence-electron chi connectivity index (χ0n) is 8.93. The van der Waals surface area contributed by atoms with E-state index in [1.807, 2.05) is 0 Å². The highest BCUT2D eigenvalue weighted by Crippen LogP contribution is 2.46. The first-order valence-corrected chi connectivity index (χ1v) is 6.81. The van der Waals surface area contributed by atoms with Crippen LogP contribution in [0.25, 0.3) is 0 Å². The Morgan fingerprint density at radius 2 is 2.33 bits per heavy atom. The quantitative estimate of drug-likeness (QED) is 0.778. The van der Waals surface area contributed by atoms with E-state index in [2.05, 4.69) is 21.2 Å². The number of alkyl halides is 1. The van der Waals surface area contributed by atoms with E-state index >= 15 is 0 Å². The molecule has 1 aliphatic carbocycles. The van der Waals surface area contributed by atoms with Gasteiger partial charge in [0.1, 0.15) is 0 Å². The van der Waals surface area contributed by atoms with Gasteiger partial charge in [0.25, 0.3) is 0 Å². The maximum Gasteiger partial charge on any atom is 0.222 e. The molecule has 2 aliphatic rings. The molecule has 0 spiro atoms. The van der Waals surface area contributed by atoms with Gasteiger partial charge in [-0.25, -0.2) is 0 Å². The fourth-order valence-corrected chi connectivity index (χ4v) is 2.66. The highest BCUT2D eigenvalue weighted by Gasteiger charge is 2.41. The number of hydrogen-bond acceptors (Lipinski definition) is 2. The molecular formula is C11H18BrNO2. The first kappa shape index (κ1) is 11.4. The van der Waals surface area contributed by atoms with E-state index in [0.29, 0.717) is 11.8 Å². The number of nitrogens with one attached hydrogen (secondary N) is 1. The molecule has 1 aliphatic heterocycles. The van der Waals surface area contributed by atoms with Gasteiger partial charge in [0.05, 0.1) is 12.5 Å². The third-order valence-electron chi connectivity index (χ3n) is 3.34. The lowest BCUT2D eigenvalue weighted by Gasteiger charge is -2.14. The first-order chi connectivity index (χ1) is 7.24. The molecule has 4 heteroatoms. The van der Waals surface area contributed by atoms with E-state index in [0.717, 1.165) is 31.3 Å². The lowest BCUT2D eigenvalue weighted by Crippen LogP contribution is -2.33. The minimum Gasteiger partial charge on any atom is -0.378 e. The third kappa shape index (κ3) is 3.18. The van der Waals surface area contributed by atoms with Crippen molar-refractivity contribution in [2.24, 2.45) is 5.41 Å². The van der Waals surface area contributed by atoms with Crippen LogP contribution in [0.3, 0.4) is 0 Å². The van der Waals surface area contributed by atoms with E-state index in [1.54, 1.807) is 0 Å². The second-order valence-corrected chi connectivity index (χ2v) is 5.31. The number of carbonyl (C=O) groups excluding carboxylic acids is 1. The van der Waals surface area contributed by atoms with Crippen LogP contribution in [0.1, 0.15) is 32.1 Å². The van der Waals surface area contributed by atoms with Gasteiger partial charge in [0.15, 0.2) is 0 Å². The van der Waals surface area contributed by atoms with Gasteiger partial charge in [-0.2, -0.15) is 0 Å². The molecule has 0 bridgehead atoms. The zero-order valence-corrected chi connectivity index (χ0v) is 10.5. The lowest BCUT2D eigenvalue weighted by molar-refractivity contribution is -0.123. The monoisotopic (exact) mass is 275 g/mol. The molecule has 1 heterocycles. The Kier molecular flexibility index (Phi) is 3.67. The highest BCUT2D eigenvalue weighted by molar-refractivity contribution is 9.09. The van der Waals surface area contributed by atoms with Crippen molar-refractivity contribution in [1.29, 1.82) is 0 Å². The Morgan fingerprint density at radius 1 is 1.53 bits per heavy atom. The Labute approximate surface area is 99.1 Å². The summed E-state index contributed by atoms with van der Waals surface area (Å²) in [5.41, 5.74) is 0.367. The maximum absolute atomic E-state index is 11.6. The molecule has 1 unspecified atom stereocenters. The van der Waals surface area contributed by atoms with Crippen LogP contribution in [0.4, 0.5) is 0 Å². The third-order valence-corrected chi connectivity index (χ3v) is 4.53. The van der Waals surface area contributed by atoms with E-state index in [-0.39, 0.29) is 12.0 Å². The molecule has 0 aromatic rings. The van der Waals surface area contributed by atoms with Crippen LogP contribution in [0.5, 0.6) is 0 Å². The summed E-state index contributed by atoms with van der Waals surface area (Å²) < 4.78 is 5.43. The van der Waals surface area contributed by atoms with E-state index in [9.17, 15) is 4.79 Å². The zero-order chi connectivity index (χ0) is 10.7. The number of ether oxygens (including phenoxy) is 1. The summed E-state index contributed by atoms with van der Waals surface area (Å²) in [5.74, 6) is 0.147. The van der Waals surface area contributed by atoms with Crippen molar-refractivity contribution >= 4 is 21.8 Å². The van der Waals surface area contributed by atoms with Gasteiger partial charge in [-0.3, -0.25) is 4.79 Å². The van der Waals surface area contributed by atoms with Crippen molar-refractivity contribution in [2.75, 3.05) is 18.5 Å². The minimum atomic E-state index is 0.147. The van der Waals surface area contributed by atoms with Crippen LogP contribution in [0, 0.1) is 5.41 Å². The molecule has 0 radical (unpaired) electrons. The Balaban J connectivity index is 1.64. The fourth-order valence-electron chi connectivity index (χ4n) is 1.90. The molecule has 1 N–H and O–H groups in total. The smallest absolute Gasteiger partial charge is 0.222 e. The van der Waals surface area contributed by atoms with Crippen LogP contribution < -0.4 is 5.32 Å². The number of hydrogen-bond donors (Lipinski definition) is 1. The maximum atomic E-state index is 11.6. The molecule has 3 nitrogen and oxygen atoms in total. The van der Waals surface area contributed by atoms with Gasteiger partial charge in [-0.15, -0.1) is 0 Å². The average Bonchev–Trinajstić information content (AvgIpc) is 2.86. The predicted octanol–water partition coefficient (Wildman–Crippen LogP) is 1.85. The number of rotatable bonds is 5. The fraction of sp³-hybridized carbons (Fsp3) is 0.909. The van der Waals surface area contributed by atoms with Crippen LogP contribution in [0.15, 0.2) is 0 Å². The van der Waals surface area contributed by atoms with Crippen molar-refractivity contribution in [3.8, 4) is 0 Å². The molecule has 1 atom stereocenters. The SMILES string of the molecule is O=C(CC1CCCO1)NCC1(CBr)CC1. The Morgan fingerprint density at radius 3 is 2.87 bits per heavy atom. The van der Waals surface area contributed by atoms with Crippen molar-refractivity contribution in [1.82, 2.24) is 5.32 Å². The molecule has 0 aromatic heterocycles. The van der Waals surface area contributed by atoms with Crippen LogP contribution in [-0.4, -0.2) is 30.5 Å². The summed E-state index contributed by atoms with van der Waals surface area (Å²) >= 11 is 3.50. The molecule has 0 aromatic carbocycles. The number of halogens is 1. The van der Waals surface area contributed by atoms with Gasteiger partial charge in [-0.1, -0.05) is 15.9 Å². The summed E-state index contributed by atoms with van der Waals surface area (Å²) in [6.07, 6.45) is 5.32. The molecule has 1 saturated heterocycles.